The molecule has 3 aromatic heterocycles. The zero-order chi connectivity index (χ0) is 88.9. The van der Waals surface area contributed by atoms with Crippen molar-refractivity contribution in [3.63, 3.8) is 0 Å². The van der Waals surface area contributed by atoms with Gasteiger partial charge in [-0.05, 0) is 144 Å². The van der Waals surface area contributed by atoms with Crippen LogP contribution in [0.3, 0.4) is 0 Å². The Kier molecular flexibility index (Phi) is 31.8. The molecule has 0 radical (unpaired) electrons. The monoisotopic (exact) mass is 1700 g/mol. The molecule has 0 saturated carbocycles. The van der Waals surface area contributed by atoms with Crippen LogP contribution >= 0.6 is 0 Å². The Bertz CT molecular complexity index is 4960. The van der Waals surface area contributed by atoms with Crippen molar-refractivity contribution in [1.82, 2.24) is 59.3 Å². The Morgan fingerprint density at radius 3 is 0.913 bits per heavy atom. The first-order valence-corrected chi connectivity index (χ1v) is 44.5. The van der Waals surface area contributed by atoms with Gasteiger partial charge in [-0.1, -0.05) is 170 Å². The molecule has 3 saturated heterocycles. The topological polar surface area (TPSA) is 226 Å². The number of carbonyl (C=O) groups is 3. The van der Waals surface area contributed by atoms with Crippen LogP contribution in [0.15, 0.2) is 147 Å². The normalized spacial score (nSPS) is 18.5. The van der Waals surface area contributed by atoms with Gasteiger partial charge in [-0.25, -0.2) is 19.7 Å². The molecule has 9 heterocycles. The molecule has 6 atom stereocenters. The summed E-state index contributed by atoms with van der Waals surface area (Å²) in [4.78, 5) is 96.4. The molecule has 660 valence electrons. The van der Waals surface area contributed by atoms with Crippen LogP contribution in [-0.4, -0.2) is 252 Å². The molecule has 3 amide bonds. The molecule has 6 aliphatic rings. The van der Waals surface area contributed by atoms with Gasteiger partial charge < -0.3 is 87.1 Å². The van der Waals surface area contributed by atoms with Gasteiger partial charge in [0, 0.05) is 114 Å². The first-order chi connectivity index (χ1) is 61.4. The summed E-state index contributed by atoms with van der Waals surface area (Å²) in [6.45, 7) is 68.7. The fourth-order valence-corrected chi connectivity index (χ4v) is 18.3. The maximum Gasteiger partial charge on any atom is 0.318 e. The molecule has 27 heteroatoms. The molecule has 6 aliphatic heterocycles. The first kappa shape index (κ1) is 91.7. The zero-order valence-corrected chi connectivity index (χ0v) is 74.6. The van der Waals surface area contributed by atoms with Gasteiger partial charge in [0.15, 0.2) is 0 Å². The molecule has 9 aromatic rings. The molecule has 0 spiro atoms. The third-order valence-corrected chi connectivity index (χ3v) is 25.3. The second-order valence-corrected chi connectivity index (χ2v) is 32.5. The van der Waals surface area contributed by atoms with E-state index < -0.39 is 0 Å². The fourth-order valence-electron chi connectivity index (χ4n) is 18.3. The van der Waals surface area contributed by atoms with Crippen LogP contribution in [-0.2, 0) is 67.7 Å². The lowest BCUT2D eigenvalue weighted by Crippen LogP contribution is -2.56. The SMILES string of the molecule is [C-]#[N+]C[C@H]1CN(c2nc(OCCN(CC)CC)nc3c2COC(c2cccc4cccc(C)c24)C3)CCN1C(=O)C=C.[C-]#[N+]C[C@H]1CN(c2nc(OCCN(CC)CC)nc3c2CO[C@@H](c2cccc4cccc(C)c24)C3)CCN1C(=O)C=C.[C-]#[N+]C[C@H]1CN(c2nc(OCCN(CC)CC)nc3c2CO[C@H](c2cccc4cccc(C)c24)C3)CCN1C(=O)C=C. The predicted molar refractivity (Wildman–Crippen MR) is 494 cm³/mol. The summed E-state index contributed by atoms with van der Waals surface area (Å²) in [5, 5.41) is 7.27. The van der Waals surface area contributed by atoms with Crippen molar-refractivity contribution in [2.75, 3.05) is 172 Å². The van der Waals surface area contributed by atoms with Crippen molar-refractivity contribution in [2.24, 2.45) is 0 Å². The van der Waals surface area contributed by atoms with Crippen molar-refractivity contribution in [2.45, 2.75) is 138 Å². The lowest BCUT2D eigenvalue weighted by Gasteiger charge is -2.40. The van der Waals surface area contributed by atoms with Crippen molar-refractivity contribution in [3.8, 4) is 18.0 Å². The molecule has 0 N–H and O–H groups in total. The van der Waals surface area contributed by atoms with E-state index in [4.69, 9.17) is 78.0 Å². The number of hydrogen-bond donors (Lipinski definition) is 0. The van der Waals surface area contributed by atoms with Crippen LogP contribution in [0.2, 0.25) is 0 Å². The first-order valence-electron chi connectivity index (χ1n) is 44.5. The largest absolute Gasteiger partial charge is 0.462 e. The molecule has 3 fully saturated rings. The number of nitrogens with zero attached hydrogens (tertiary/aromatic N) is 18. The van der Waals surface area contributed by atoms with Gasteiger partial charge in [-0.2, -0.15) is 29.9 Å². The number of fused-ring (bicyclic) bond motifs is 6. The smallest absolute Gasteiger partial charge is 0.318 e. The summed E-state index contributed by atoms with van der Waals surface area (Å²) in [7, 11) is 0. The van der Waals surface area contributed by atoms with Gasteiger partial charge in [0.2, 0.25) is 37.4 Å². The number of aromatic nitrogens is 6. The number of benzene rings is 6. The predicted octanol–water partition coefficient (Wildman–Crippen LogP) is 13.8. The number of ether oxygens (including phenoxy) is 6. The molecule has 27 nitrogen and oxygen atoms in total. The lowest BCUT2D eigenvalue weighted by molar-refractivity contribution is -0.129. The minimum Gasteiger partial charge on any atom is -0.462 e. The number of hydrogen-bond acceptors (Lipinski definition) is 21. The highest BCUT2D eigenvalue weighted by Gasteiger charge is 2.40. The second-order valence-electron chi connectivity index (χ2n) is 32.5. The highest BCUT2D eigenvalue weighted by atomic mass is 16.5. The number of anilines is 3. The maximum atomic E-state index is 12.5. The van der Waals surface area contributed by atoms with E-state index in [0.29, 0.717) is 136 Å². The summed E-state index contributed by atoms with van der Waals surface area (Å²) < 4.78 is 38.1. The average molecular weight is 1710 g/mol. The van der Waals surface area contributed by atoms with Gasteiger partial charge in [-0.3, -0.25) is 14.4 Å². The molecule has 126 heavy (non-hydrogen) atoms. The maximum absolute atomic E-state index is 12.5. The van der Waals surface area contributed by atoms with Gasteiger partial charge in [0.1, 0.15) is 55.4 Å². The Morgan fingerprint density at radius 2 is 0.667 bits per heavy atom. The van der Waals surface area contributed by atoms with E-state index in [9.17, 15) is 14.4 Å². The number of piperazine rings is 3. The molecule has 1 unspecified atom stereocenters. The molecule has 6 aromatic carbocycles. The number of amides is 3. The van der Waals surface area contributed by atoms with Crippen LogP contribution in [0.5, 0.6) is 18.0 Å². The van der Waals surface area contributed by atoms with Crippen LogP contribution in [0.25, 0.3) is 46.9 Å². The van der Waals surface area contributed by atoms with E-state index in [0.717, 1.165) is 127 Å². The molecule has 0 aliphatic carbocycles. The third-order valence-electron chi connectivity index (χ3n) is 25.3. The van der Waals surface area contributed by atoms with Crippen LogP contribution in [0, 0.1) is 40.5 Å². The van der Waals surface area contributed by atoms with E-state index in [2.05, 4.69) is 235 Å². The lowest BCUT2D eigenvalue weighted by atomic mass is 9.92. The highest BCUT2D eigenvalue weighted by molar-refractivity contribution is 5.92. The van der Waals surface area contributed by atoms with E-state index in [-0.39, 0.29) is 73.8 Å². The Labute approximate surface area is 742 Å². The van der Waals surface area contributed by atoms with Crippen LogP contribution in [0.1, 0.15) is 127 Å². The molecular weight excluding hydrogens is 1590 g/mol. The van der Waals surface area contributed by atoms with E-state index in [1.807, 2.05) is 0 Å². The minimum atomic E-state index is -0.254. The van der Waals surface area contributed by atoms with Crippen molar-refractivity contribution < 1.29 is 42.8 Å². The molecule has 15 rings (SSSR count). The number of aryl methyl sites for hydroxylation is 3. The highest BCUT2D eigenvalue weighted by Crippen LogP contribution is 2.43. The molecular formula is C99H120N18O9. The minimum absolute atomic E-state index is 0.148. The summed E-state index contributed by atoms with van der Waals surface area (Å²) >= 11 is 0. The van der Waals surface area contributed by atoms with Gasteiger partial charge in [0.25, 0.3) is 0 Å². The molecule has 0 bridgehead atoms. The van der Waals surface area contributed by atoms with Crippen molar-refractivity contribution >= 4 is 67.5 Å². The fraction of sp³-hybridized carbons (Fsp3) is 0.455. The zero-order valence-electron chi connectivity index (χ0n) is 74.6. The third kappa shape index (κ3) is 21.2. The van der Waals surface area contributed by atoms with Crippen LogP contribution < -0.4 is 28.9 Å². The van der Waals surface area contributed by atoms with Gasteiger partial charge >= 0.3 is 18.0 Å². The summed E-state index contributed by atoms with van der Waals surface area (Å²) in [5.41, 5.74) is 12.8. The number of likely N-dealkylation sites (N-methyl/N-ethyl adjacent to an activating group) is 3. The second kappa shape index (κ2) is 43.7. The standard InChI is InChI=1S/3C33H40N6O3/c3*1-6-30(40)39-16-15-38(21-25(39)20-34-5)32-27-22-42-29(26-14-10-13-24-12-9-11-23(4)31(24)26)19-28(27)35-33(36-32)41-18-17-37(7-2)8-3/h3*6,9-14,25,29H,1,7-8,15-22H2,2-4H3/t25-,29?;25-,29+;25-,29-/m000/s1. The van der Waals surface area contributed by atoms with Gasteiger partial charge in [-0.15, -0.1) is 0 Å². The summed E-state index contributed by atoms with van der Waals surface area (Å²) in [6.07, 6.45) is 5.33. The average Bonchev–Trinajstić information content (AvgIpc) is 0.768. The van der Waals surface area contributed by atoms with E-state index >= 15 is 0 Å². The Balaban J connectivity index is 0.000000162. The number of carbonyl (C=O) groups excluding carboxylic acids is 3. The van der Waals surface area contributed by atoms with Crippen molar-refractivity contribution in [1.29, 1.82) is 0 Å². The quantitative estimate of drug-likeness (QED) is 0.0301. The van der Waals surface area contributed by atoms with Gasteiger partial charge in [0.05, 0.1) is 55.2 Å². The number of rotatable bonds is 30. The Morgan fingerprint density at radius 1 is 0.405 bits per heavy atom. The summed E-state index contributed by atoms with van der Waals surface area (Å²) in [6, 6.07) is 38.6. The Hall–Kier alpha value is -12.0. The van der Waals surface area contributed by atoms with Crippen molar-refractivity contribution in [3.05, 3.63) is 249 Å². The van der Waals surface area contributed by atoms with Crippen LogP contribution in [0.4, 0.5) is 17.5 Å². The van der Waals surface area contributed by atoms with E-state index in [1.165, 1.54) is 67.2 Å². The van der Waals surface area contributed by atoms with E-state index in [1.54, 1.807) is 14.7 Å². The summed E-state index contributed by atoms with van der Waals surface area (Å²) in [5.74, 6) is 1.86.